The van der Waals surface area contributed by atoms with Gasteiger partial charge in [-0.2, -0.15) is 0 Å². The Labute approximate surface area is 94.3 Å². The summed E-state index contributed by atoms with van der Waals surface area (Å²) in [6, 6.07) is 0.764. The molecule has 0 unspecified atom stereocenters. The Bertz CT molecular complexity index is 391. The lowest BCUT2D eigenvalue weighted by Gasteiger charge is -2.36. The number of anilines is 2. The van der Waals surface area contributed by atoms with Gasteiger partial charge in [0.1, 0.15) is 0 Å². The molecule has 0 aliphatic rings. The number of nitrogen functional groups attached to an aromatic ring is 1. The number of halogens is 2. The van der Waals surface area contributed by atoms with Crippen molar-refractivity contribution in [2.24, 2.45) is 0 Å². The van der Waals surface area contributed by atoms with E-state index in [-0.39, 0.29) is 17.2 Å². The topological polar surface area (TPSA) is 42.2 Å². The normalized spacial score (nSPS) is 11.6. The van der Waals surface area contributed by atoms with E-state index < -0.39 is 11.6 Å². The van der Waals surface area contributed by atoms with E-state index in [1.165, 1.54) is 0 Å². The van der Waals surface area contributed by atoms with E-state index in [1.54, 1.807) is 11.9 Å². The van der Waals surface area contributed by atoms with Crippen LogP contribution in [0.1, 0.15) is 27.2 Å². The van der Waals surface area contributed by atoms with Crippen molar-refractivity contribution in [1.82, 2.24) is 4.98 Å². The average molecular weight is 229 g/mol. The zero-order chi connectivity index (χ0) is 12.5. The third kappa shape index (κ3) is 2.23. The van der Waals surface area contributed by atoms with Crippen LogP contribution >= 0.6 is 0 Å². The highest BCUT2D eigenvalue weighted by Gasteiger charge is 2.25. The van der Waals surface area contributed by atoms with Crippen LogP contribution in [-0.2, 0) is 0 Å². The third-order valence-electron chi connectivity index (χ3n) is 3.03. The minimum absolute atomic E-state index is 0.0748. The molecule has 16 heavy (non-hydrogen) atoms. The van der Waals surface area contributed by atoms with Gasteiger partial charge in [0, 0.05) is 18.7 Å². The molecule has 0 bridgehead atoms. The van der Waals surface area contributed by atoms with Crippen LogP contribution in [0.4, 0.5) is 20.4 Å². The molecule has 2 N–H and O–H groups in total. The maximum atomic E-state index is 13.5. The summed E-state index contributed by atoms with van der Waals surface area (Å²) in [6.45, 7) is 5.89. The molecule has 0 fully saturated rings. The Morgan fingerprint density at radius 1 is 1.38 bits per heavy atom. The lowest BCUT2D eigenvalue weighted by Crippen LogP contribution is -2.41. The second-order valence-electron chi connectivity index (χ2n) is 4.39. The van der Waals surface area contributed by atoms with E-state index in [2.05, 4.69) is 4.98 Å². The fourth-order valence-corrected chi connectivity index (χ4v) is 1.23. The van der Waals surface area contributed by atoms with Gasteiger partial charge in [-0.3, -0.25) is 0 Å². The first-order valence-electron chi connectivity index (χ1n) is 5.15. The molecule has 0 aliphatic heterocycles. The summed E-state index contributed by atoms with van der Waals surface area (Å²) in [7, 11) is 1.71. The van der Waals surface area contributed by atoms with E-state index in [0.29, 0.717) is 0 Å². The van der Waals surface area contributed by atoms with Gasteiger partial charge in [0.25, 0.3) is 0 Å². The highest BCUT2D eigenvalue weighted by molar-refractivity contribution is 5.48. The third-order valence-corrected chi connectivity index (χ3v) is 3.03. The molecule has 0 saturated carbocycles. The molecule has 0 radical (unpaired) electrons. The fourth-order valence-electron chi connectivity index (χ4n) is 1.23. The van der Waals surface area contributed by atoms with Crippen molar-refractivity contribution in [2.75, 3.05) is 17.7 Å². The van der Waals surface area contributed by atoms with Crippen LogP contribution < -0.4 is 10.6 Å². The number of nitrogens with two attached hydrogens (primary N) is 1. The summed E-state index contributed by atoms with van der Waals surface area (Å²) in [5.74, 6) is -1.74. The summed E-state index contributed by atoms with van der Waals surface area (Å²) in [4.78, 5) is 5.40. The van der Waals surface area contributed by atoms with Crippen LogP contribution in [-0.4, -0.2) is 17.6 Å². The molecule has 0 aliphatic carbocycles. The first kappa shape index (κ1) is 12.7. The Balaban J connectivity index is 3.19. The van der Waals surface area contributed by atoms with Crippen molar-refractivity contribution in [2.45, 2.75) is 32.7 Å². The largest absolute Gasteiger partial charge is 0.381 e. The van der Waals surface area contributed by atoms with Crippen molar-refractivity contribution in [3.05, 3.63) is 17.7 Å². The first-order valence-corrected chi connectivity index (χ1v) is 5.15. The lowest BCUT2D eigenvalue weighted by atomic mass is 10.00. The van der Waals surface area contributed by atoms with Gasteiger partial charge >= 0.3 is 0 Å². The molecule has 1 aromatic rings. The van der Waals surface area contributed by atoms with Gasteiger partial charge in [-0.1, -0.05) is 6.92 Å². The molecule has 1 aromatic heterocycles. The predicted octanol–water partition coefficient (Wildman–Crippen LogP) is 2.57. The van der Waals surface area contributed by atoms with E-state index in [9.17, 15) is 8.78 Å². The van der Waals surface area contributed by atoms with Gasteiger partial charge in [-0.05, 0) is 20.3 Å². The van der Waals surface area contributed by atoms with Gasteiger partial charge in [0.05, 0.1) is 0 Å². The number of aromatic nitrogens is 1. The predicted molar refractivity (Wildman–Crippen MR) is 61.3 cm³/mol. The second-order valence-corrected chi connectivity index (χ2v) is 4.39. The maximum absolute atomic E-state index is 13.5. The van der Waals surface area contributed by atoms with E-state index in [0.717, 1.165) is 12.5 Å². The average Bonchev–Trinajstić information content (AvgIpc) is 2.22. The van der Waals surface area contributed by atoms with Crippen molar-refractivity contribution in [3.63, 3.8) is 0 Å². The molecule has 3 nitrogen and oxygen atoms in total. The van der Waals surface area contributed by atoms with Crippen LogP contribution in [0.2, 0.25) is 0 Å². The second kappa shape index (κ2) is 4.23. The van der Waals surface area contributed by atoms with Crippen LogP contribution in [0.3, 0.4) is 0 Å². The van der Waals surface area contributed by atoms with Crippen LogP contribution in [0.15, 0.2) is 6.07 Å². The molecule has 5 heteroatoms. The van der Waals surface area contributed by atoms with Gasteiger partial charge < -0.3 is 10.6 Å². The molecule has 0 spiro atoms. The zero-order valence-corrected chi connectivity index (χ0v) is 10.0. The van der Waals surface area contributed by atoms with Gasteiger partial charge in [0.2, 0.25) is 0 Å². The molecule has 0 saturated heterocycles. The Morgan fingerprint density at radius 3 is 2.44 bits per heavy atom. The maximum Gasteiger partial charge on any atom is 0.168 e. The molecule has 0 atom stereocenters. The summed E-state index contributed by atoms with van der Waals surface area (Å²) in [5.41, 5.74) is 5.07. The standard InChI is InChI=1S/C11H17F2N3/c1-5-11(2,3)16(4)10-8(13)6-7(12)9(14)15-10/h6H,5H2,1-4H3,(H2,14,15). The molecule has 0 amide bonds. The van der Waals surface area contributed by atoms with Crippen LogP contribution in [0.5, 0.6) is 0 Å². The summed E-state index contributed by atoms with van der Waals surface area (Å²) >= 11 is 0. The SMILES string of the molecule is CCC(C)(C)N(C)c1nc(N)c(F)cc1F. The Kier molecular flexibility index (Phi) is 3.35. The molecular weight excluding hydrogens is 212 g/mol. The minimum atomic E-state index is -0.830. The smallest absolute Gasteiger partial charge is 0.168 e. The number of hydrogen-bond donors (Lipinski definition) is 1. The van der Waals surface area contributed by atoms with Crippen molar-refractivity contribution < 1.29 is 8.78 Å². The minimum Gasteiger partial charge on any atom is -0.381 e. The first-order chi connectivity index (χ1) is 7.29. The molecule has 1 heterocycles. The monoisotopic (exact) mass is 229 g/mol. The Hall–Kier alpha value is -1.39. The number of hydrogen-bond acceptors (Lipinski definition) is 3. The Morgan fingerprint density at radius 2 is 1.94 bits per heavy atom. The van der Waals surface area contributed by atoms with Crippen molar-refractivity contribution in [1.29, 1.82) is 0 Å². The number of nitrogens with zero attached hydrogens (tertiary/aromatic N) is 2. The highest BCUT2D eigenvalue weighted by atomic mass is 19.1. The summed E-state index contributed by atoms with van der Waals surface area (Å²) in [6.07, 6.45) is 0.807. The molecule has 1 rings (SSSR count). The number of pyridine rings is 1. The molecular formula is C11H17F2N3. The van der Waals surface area contributed by atoms with Crippen LogP contribution in [0.25, 0.3) is 0 Å². The van der Waals surface area contributed by atoms with Crippen molar-refractivity contribution >= 4 is 11.6 Å². The number of rotatable bonds is 3. The van der Waals surface area contributed by atoms with Gasteiger partial charge in [-0.25, -0.2) is 13.8 Å². The van der Waals surface area contributed by atoms with Gasteiger partial charge in [0.15, 0.2) is 23.3 Å². The van der Waals surface area contributed by atoms with E-state index in [1.807, 2.05) is 20.8 Å². The molecule has 0 aromatic carbocycles. The quantitative estimate of drug-likeness (QED) is 0.866. The highest BCUT2D eigenvalue weighted by Crippen LogP contribution is 2.27. The molecule has 90 valence electrons. The van der Waals surface area contributed by atoms with E-state index >= 15 is 0 Å². The summed E-state index contributed by atoms with van der Waals surface area (Å²) < 4.78 is 26.5. The van der Waals surface area contributed by atoms with Crippen molar-refractivity contribution in [3.8, 4) is 0 Å². The van der Waals surface area contributed by atoms with Crippen LogP contribution in [0, 0.1) is 11.6 Å². The summed E-state index contributed by atoms with van der Waals surface area (Å²) in [5, 5.41) is 0. The zero-order valence-electron chi connectivity index (χ0n) is 10.0. The van der Waals surface area contributed by atoms with Gasteiger partial charge in [-0.15, -0.1) is 0 Å². The lowest BCUT2D eigenvalue weighted by molar-refractivity contribution is 0.456. The van der Waals surface area contributed by atoms with E-state index in [4.69, 9.17) is 5.73 Å². The fraction of sp³-hybridized carbons (Fsp3) is 0.545.